The van der Waals surface area contributed by atoms with Gasteiger partial charge >= 0.3 is 0 Å². The first-order valence-corrected chi connectivity index (χ1v) is 10.7. The number of hydrogen-bond acceptors (Lipinski definition) is 4. The molecule has 2 aromatic carbocycles. The van der Waals surface area contributed by atoms with Gasteiger partial charge in [-0.15, -0.1) is 11.8 Å². The fourth-order valence-electron chi connectivity index (χ4n) is 2.84. The van der Waals surface area contributed by atoms with Crippen LogP contribution >= 0.6 is 35.1 Å². The Labute approximate surface area is 165 Å². The van der Waals surface area contributed by atoms with Crippen molar-refractivity contribution in [3.05, 3.63) is 80.7 Å². The molecule has 0 atom stereocenters. The van der Waals surface area contributed by atoms with Gasteiger partial charge in [0.05, 0.1) is 16.3 Å². The normalized spacial score (nSPS) is 13.0. The van der Waals surface area contributed by atoms with E-state index >= 15 is 0 Å². The van der Waals surface area contributed by atoms with Crippen LogP contribution in [0, 0.1) is 6.92 Å². The maximum Gasteiger partial charge on any atom is 0.272 e. The summed E-state index contributed by atoms with van der Waals surface area (Å²) >= 11 is 9.16. The van der Waals surface area contributed by atoms with Crippen molar-refractivity contribution in [1.29, 1.82) is 0 Å². The van der Waals surface area contributed by atoms with Crippen LogP contribution in [0.1, 0.15) is 16.8 Å². The Morgan fingerprint density at radius 3 is 2.62 bits per heavy atom. The van der Waals surface area contributed by atoms with E-state index in [1.54, 1.807) is 28.1 Å². The highest BCUT2D eigenvalue weighted by molar-refractivity contribution is 7.99. The van der Waals surface area contributed by atoms with E-state index in [0.717, 1.165) is 49.9 Å². The van der Waals surface area contributed by atoms with Gasteiger partial charge in [-0.25, -0.2) is 4.98 Å². The Morgan fingerprint density at radius 1 is 1.15 bits per heavy atom. The van der Waals surface area contributed by atoms with Crippen molar-refractivity contribution in [2.75, 3.05) is 5.75 Å². The predicted molar refractivity (Wildman–Crippen MR) is 110 cm³/mol. The van der Waals surface area contributed by atoms with E-state index in [-0.39, 0.29) is 5.56 Å². The van der Waals surface area contributed by atoms with Crippen LogP contribution in [-0.4, -0.2) is 15.3 Å². The van der Waals surface area contributed by atoms with E-state index in [1.165, 1.54) is 5.56 Å². The third-order valence-electron chi connectivity index (χ3n) is 4.24. The molecule has 0 spiro atoms. The molecule has 0 unspecified atom stereocenters. The highest BCUT2D eigenvalue weighted by Crippen LogP contribution is 2.31. The van der Waals surface area contributed by atoms with Crippen LogP contribution in [0.3, 0.4) is 0 Å². The van der Waals surface area contributed by atoms with Crippen LogP contribution < -0.4 is 5.56 Å². The first-order chi connectivity index (χ1) is 12.6. The molecule has 1 aliphatic heterocycles. The lowest BCUT2D eigenvalue weighted by molar-refractivity contribution is 0.739. The van der Waals surface area contributed by atoms with Crippen molar-refractivity contribution in [2.45, 2.75) is 29.1 Å². The Bertz CT molecular complexity index is 998. The first kappa shape index (κ1) is 17.7. The summed E-state index contributed by atoms with van der Waals surface area (Å²) in [6.07, 6.45) is 0.860. The molecule has 0 bridgehead atoms. The second-order valence-electron chi connectivity index (χ2n) is 6.16. The third kappa shape index (κ3) is 3.56. The number of nitrogens with zero attached hydrogens (tertiary/aromatic N) is 2. The van der Waals surface area contributed by atoms with Crippen LogP contribution in [0.5, 0.6) is 0 Å². The molecule has 0 radical (unpaired) electrons. The van der Waals surface area contributed by atoms with Crippen molar-refractivity contribution >= 4 is 35.1 Å². The number of benzene rings is 2. The number of fused-ring (bicyclic) bond motifs is 1. The molecule has 6 heteroatoms. The largest absolute Gasteiger partial charge is 0.272 e. The summed E-state index contributed by atoms with van der Waals surface area (Å²) in [5.74, 6) is 1.66. The zero-order chi connectivity index (χ0) is 18.1. The molecule has 0 fully saturated rings. The van der Waals surface area contributed by atoms with Crippen LogP contribution in [0.25, 0.3) is 5.69 Å². The number of hydrogen-bond donors (Lipinski definition) is 0. The van der Waals surface area contributed by atoms with Crippen molar-refractivity contribution < 1.29 is 0 Å². The van der Waals surface area contributed by atoms with E-state index in [1.807, 2.05) is 55.5 Å². The molecular weight excluding hydrogens is 384 g/mol. The molecule has 0 amide bonds. The van der Waals surface area contributed by atoms with E-state index in [0.29, 0.717) is 0 Å². The van der Waals surface area contributed by atoms with Gasteiger partial charge in [0.2, 0.25) is 0 Å². The SMILES string of the molecule is Cc1ccc(-n2c(SCc3ccc(Cl)cc3)nc3c(c2=O)SCC3)cc1. The molecule has 1 aromatic heterocycles. The van der Waals surface area contributed by atoms with Crippen molar-refractivity contribution in [3.8, 4) is 5.69 Å². The van der Waals surface area contributed by atoms with Gasteiger partial charge in [0, 0.05) is 22.9 Å². The Hall–Kier alpha value is -1.69. The van der Waals surface area contributed by atoms with Gasteiger partial charge in [-0.05, 0) is 36.8 Å². The molecule has 4 rings (SSSR count). The van der Waals surface area contributed by atoms with Crippen LogP contribution in [0.2, 0.25) is 5.02 Å². The molecule has 1 aliphatic rings. The highest BCUT2D eigenvalue weighted by Gasteiger charge is 2.22. The minimum Gasteiger partial charge on any atom is -0.268 e. The lowest BCUT2D eigenvalue weighted by Crippen LogP contribution is -2.23. The van der Waals surface area contributed by atoms with Crippen molar-refractivity contribution in [2.24, 2.45) is 0 Å². The number of rotatable bonds is 4. The summed E-state index contributed by atoms with van der Waals surface area (Å²) in [4.78, 5) is 18.7. The van der Waals surface area contributed by atoms with Crippen molar-refractivity contribution in [3.63, 3.8) is 0 Å². The fraction of sp³-hybridized carbons (Fsp3) is 0.200. The van der Waals surface area contributed by atoms with Gasteiger partial charge in [-0.2, -0.15) is 0 Å². The maximum absolute atomic E-state index is 13.1. The lowest BCUT2D eigenvalue weighted by atomic mass is 10.2. The molecule has 132 valence electrons. The molecule has 0 N–H and O–H groups in total. The smallest absolute Gasteiger partial charge is 0.268 e. The minimum atomic E-state index is 0.0416. The maximum atomic E-state index is 13.1. The molecule has 3 aromatic rings. The molecular formula is C20H17ClN2OS2. The van der Waals surface area contributed by atoms with E-state index in [4.69, 9.17) is 16.6 Å². The zero-order valence-corrected chi connectivity index (χ0v) is 16.6. The monoisotopic (exact) mass is 400 g/mol. The predicted octanol–water partition coefficient (Wildman–Crippen LogP) is 5.13. The number of thioether (sulfide) groups is 2. The van der Waals surface area contributed by atoms with Gasteiger partial charge in [0.15, 0.2) is 5.16 Å². The summed E-state index contributed by atoms with van der Waals surface area (Å²) in [6.45, 7) is 2.04. The standard InChI is InChI=1S/C20H17ClN2OS2/c1-13-2-8-16(9-3-13)23-19(24)18-17(10-11-25-18)22-20(23)26-12-14-4-6-15(21)7-5-14/h2-9H,10-12H2,1H3. The second-order valence-corrected chi connectivity index (χ2v) is 8.64. The minimum absolute atomic E-state index is 0.0416. The van der Waals surface area contributed by atoms with E-state index in [2.05, 4.69) is 0 Å². The third-order valence-corrected chi connectivity index (χ3v) is 6.61. The summed E-state index contributed by atoms with van der Waals surface area (Å²) in [5.41, 5.74) is 4.16. The average Bonchev–Trinajstić information content (AvgIpc) is 3.11. The van der Waals surface area contributed by atoms with E-state index in [9.17, 15) is 4.79 Å². The van der Waals surface area contributed by atoms with Gasteiger partial charge in [0.1, 0.15) is 0 Å². The number of aromatic nitrogens is 2. The Kier molecular flexibility index (Phi) is 5.11. The van der Waals surface area contributed by atoms with Gasteiger partial charge in [0.25, 0.3) is 5.56 Å². The molecule has 0 saturated carbocycles. The number of halogens is 1. The van der Waals surface area contributed by atoms with Crippen molar-refractivity contribution in [1.82, 2.24) is 9.55 Å². The van der Waals surface area contributed by atoms with Gasteiger partial charge < -0.3 is 0 Å². The Morgan fingerprint density at radius 2 is 1.88 bits per heavy atom. The first-order valence-electron chi connectivity index (χ1n) is 8.35. The molecule has 26 heavy (non-hydrogen) atoms. The molecule has 0 saturated heterocycles. The molecule has 2 heterocycles. The average molecular weight is 401 g/mol. The lowest BCUT2D eigenvalue weighted by Gasteiger charge is -2.14. The zero-order valence-electron chi connectivity index (χ0n) is 14.2. The Balaban J connectivity index is 1.75. The molecule has 0 aliphatic carbocycles. The summed E-state index contributed by atoms with van der Waals surface area (Å²) in [6, 6.07) is 15.8. The second kappa shape index (κ2) is 7.51. The van der Waals surface area contributed by atoms with Gasteiger partial charge in [-0.3, -0.25) is 9.36 Å². The van der Waals surface area contributed by atoms with Crippen LogP contribution in [0.4, 0.5) is 0 Å². The fourth-order valence-corrected chi connectivity index (χ4v) is 4.97. The summed E-state index contributed by atoms with van der Waals surface area (Å²) in [5, 5.41) is 1.47. The van der Waals surface area contributed by atoms with Crippen LogP contribution in [0.15, 0.2) is 63.4 Å². The van der Waals surface area contributed by atoms with E-state index < -0.39 is 0 Å². The molecule has 3 nitrogen and oxygen atoms in total. The topological polar surface area (TPSA) is 34.9 Å². The van der Waals surface area contributed by atoms with Gasteiger partial charge in [-0.1, -0.05) is 53.2 Å². The number of aryl methyl sites for hydroxylation is 2. The quantitative estimate of drug-likeness (QED) is 0.449. The highest BCUT2D eigenvalue weighted by atomic mass is 35.5. The summed E-state index contributed by atoms with van der Waals surface area (Å²) in [7, 11) is 0. The van der Waals surface area contributed by atoms with Crippen LogP contribution in [-0.2, 0) is 12.2 Å². The summed E-state index contributed by atoms with van der Waals surface area (Å²) < 4.78 is 1.75.